The Morgan fingerprint density at radius 3 is 1.97 bits per heavy atom. The molecular formula is C22H32N4O9. The average Bonchev–Trinajstić information content (AvgIpc) is 2.74. The second-order valence-electron chi connectivity index (χ2n) is 8.06. The Kier molecular flexibility index (Phi) is 13.4. The van der Waals surface area contributed by atoms with Gasteiger partial charge in [0.1, 0.15) is 0 Å². The molecule has 0 aliphatic carbocycles. The molecule has 35 heavy (non-hydrogen) atoms. The third kappa shape index (κ3) is 14.9. The number of aliphatic carboxylic acids is 4. The highest BCUT2D eigenvalue weighted by Gasteiger charge is 2.21. The van der Waals surface area contributed by atoms with Gasteiger partial charge >= 0.3 is 29.9 Å². The first kappa shape index (κ1) is 29.3. The van der Waals surface area contributed by atoms with Crippen LogP contribution < -0.4 is 10.6 Å². The molecule has 0 saturated heterocycles. The van der Waals surface area contributed by atoms with Crippen LogP contribution in [0.2, 0.25) is 0 Å². The minimum absolute atomic E-state index is 0.0890. The minimum Gasteiger partial charge on any atom is -0.481 e. The molecular weight excluding hydrogens is 464 g/mol. The molecule has 0 fully saturated rings. The molecule has 0 saturated carbocycles. The van der Waals surface area contributed by atoms with E-state index in [0.29, 0.717) is 32.4 Å². The fourth-order valence-electron chi connectivity index (χ4n) is 3.43. The average molecular weight is 497 g/mol. The number of hydrogen-bond donors (Lipinski definition) is 6. The molecule has 6 N–H and O–H groups in total. The molecule has 1 aromatic heterocycles. The van der Waals surface area contributed by atoms with Crippen molar-refractivity contribution in [1.29, 1.82) is 0 Å². The summed E-state index contributed by atoms with van der Waals surface area (Å²) in [5, 5.41) is 41.0. The van der Waals surface area contributed by atoms with Gasteiger partial charge in [0.2, 0.25) is 0 Å². The number of aromatic nitrogens is 1. The van der Waals surface area contributed by atoms with E-state index in [2.05, 4.69) is 15.6 Å². The Morgan fingerprint density at radius 2 is 1.46 bits per heavy atom. The van der Waals surface area contributed by atoms with Gasteiger partial charge in [-0.15, -0.1) is 0 Å². The normalized spacial score (nSPS) is 12.5. The molecule has 0 aliphatic heterocycles. The van der Waals surface area contributed by atoms with Crippen molar-refractivity contribution in [2.45, 2.75) is 63.6 Å². The number of nitrogens with one attached hydrogen (secondary N) is 2. The van der Waals surface area contributed by atoms with Crippen LogP contribution in [0.3, 0.4) is 0 Å². The Bertz CT molecular complexity index is 851. The number of carbonyl (C=O) groups excluding carboxylic acids is 1. The van der Waals surface area contributed by atoms with E-state index in [9.17, 15) is 24.0 Å². The number of carbonyl (C=O) groups is 5. The number of unbranched alkanes of at least 4 members (excludes halogenated alkanes) is 1. The van der Waals surface area contributed by atoms with Crippen LogP contribution in [0.4, 0.5) is 4.79 Å². The van der Waals surface area contributed by atoms with E-state index in [1.165, 1.54) is 0 Å². The van der Waals surface area contributed by atoms with Gasteiger partial charge < -0.3 is 31.1 Å². The predicted molar refractivity (Wildman–Crippen MR) is 122 cm³/mol. The molecule has 1 rings (SSSR count). The molecule has 0 spiro atoms. The zero-order valence-corrected chi connectivity index (χ0v) is 19.3. The zero-order valence-electron chi connectivity index (χ0n) is 19.3. The summed E-state index contributed by atoms with van der Waals surface area (Å²) in [4.78, 5) is 62.3. The number of carboxylic acid groups (broad SMARTS) is 4. The van der Waals surface area contributed by atoms with Gasteiger partial charge in [-0.2, -0.15) is 0 Å². The topological polar surface area (TPSA) is 206 Å². The van der Waals surface area contributed by atoms with Crippen LogP contribution in [0.1, 0.15) is 50.6 Å². The number of rotatable bonds is 18. The first-order chi connectivity index (χ1) is 16.5. The highest BCUT2D eigenvalue weighted by molar-refractivity contribution is 5.77. The van der Waals surface area contributed by atoms with Gasteiger partial charge in [0.15, 0.2) is 0 Å². The van der Waals surface area contributed by atoms with Crippen molar-refractivity contribution in [3.63, 3.8) is 0 Å². The molecule has 2 amide bonds. The fourth-order valence-corrected chi connectivity index (χ4v) is 3.43. The van der Waals surface area contributed by atoms with Gasteiger partial charge in [0.25, 0.3) is 0 Å². The van der Waals surface area contributed by atoms with Crippen molar-refractivity contribution >= 4 is 29.9 Å². The smallest absolute Gasteiger partial charge is 0.317 e. The highest BCUT2D eigenvalue weighted by atomic mass is 16.4. The van der Waals surface area contributed by atoms with E-state index in [1.807, 2.05) is 0 Å². The van der Waals surface area contributed by atoms with E-state index in [-0.39, 0.29) is 25.8 Å². The maximum absolute atomic E-state index is 12.3. The van der Waals surface area contributed by atoms with Crippen LogP contribution in [0, 0.1) is 0 Å². The maximum Gasteiger partial charge on any atom is 0.317 e. The second kappa shape index (κ2) is 16.0. The summed E-state index contributed by atoms with van der Waals surface area (Å²) in [7, 11) is 0. The van der Waals surface area contributed by atoms with Gasteiger partial charge in [-0.1, -0.05) is 12.5 Å². The van der Waals surface area contributed by atoms with E-state index in [1.54, 1.807) is 29.3 Å². The molecule has 2 unspecified atom stereocenters. The monoisotopic (exact) mass is 496 g/mol. The van der Waals surface area contributed by atoms with Gasteiger partial charge in [-0.25, -0.2) is 4.79 Å². The Hall–Kier alpha value is -3.74. The molecule has 0 radical (unpaired) electrons. The van der Waals surface area contributed by atoms with Crippen LogP contribution in [0.25, 0.3) is 0 Å². The lowest BCUT2D eigenvalue weighted by molar-refractivity contribution is -0.139. The van der Waals surface area contributed by atoms with E-state index in [0.717, 1.165) is 5.69 Å². The summed E-state index contributed by atoms with van der Waals surface area (Å²) in [6.45, 7) is 0.579. The number of nitrogens with zero attached hydrogens (tertiary/aromatic N) is 2. The van der Waals surface area contributed by atoms with Crippen LogP contribution in [-0.4, -0.2) is 85.4 Å². The summed E-state index contributed by atoms with van der Waals surface area (Å²) in [6, 6.07) is 2.89. The first-order valence-corrected chi connectivity index (χ1v) is 11.1. The SMILES string of the molecule is O=C(O)CCC(CC(=O)O)NC(=O)NC(CCCCN(CC(=O)O)Cc1ccccn1)CC(=O)O. The largest absolute Gasteiger partial charge is 0.481 e. The summed E-state index contributed by atoms with van der Waals surface area (Å²) in [6.07, 6.45) is 1.69. The molecule has 0 aliphatic rings. The van der Waals surface area contributed by atoms with Gasteiger partial charge in [0.05, 0.1) is 25.1 Å². The minimum atomic E-state index is -1.21. The Labute approximate surface area is 202 Å². The number of urea groups is 1. The molecule has 1 heterocycles. The number of carboxylic acids is 4. The molecule has 0 bridgehead atoms. The number of pyridine rings is 1. The van der Waals surface area contributed by atoms with Crippen molar-refractivity contribution in [1.82, 2.24) is 20.5 Å². The van der Waals surface area contributed by atoms with Crippen molar-refractivity contribution in [2.24, 2.45) is 0 Å². The standard InChI is InChI=1S/C22H32N4O9/c27-18(28)8-7-16(12-20(31)32)25-22(35)24-15(11-19(29)30)5-2-4-10-26(14-21(33)34)13-17-6-1-3-9-23-17/h1,3,6,9,15-16H,2,4-5,7-8,10-14H2,(H,27,28)(H,29,30)(H,31,32)(H,33,34)(H2,24,25,35). The maximum atomic E-state index is 12.3. The van der Waals surface area contributed by atoms with Crippen LogP contribution in [-0.2, 0) is 25.7 Å². The Morgan fingerprint density at radius 1 is 0.829 bits per heavy atom. The van der Waals surface area contributed by atoms with Crippen molar-refractivity contribution in [2.75, 3.05) is 13.1 Å². The highest BCUT2D eigenvalue weighted by Crippen LogP contribution is 2.09. The molecule has 0 aromatic carbocycles. The summed E-state index contributed by atoms with van der Waals surface area (Å²) in [5.41, 5.74) is 0.717. The quantitative estimate of drug-likeness (QED) is 0.158. The lowest BCUT2D eigenvalue weighted by Crippen LogP contribution is -2.47. The number of amides is 2. The van der Waals surface area contributed by atoms with Gasteiger partial charge in [0, 0.05) is 31.2 Å². The Balaban J connectivity index is 2.60. The van der Waals surface area contributed by atoms with Gasteiger partial charge in [-0.05, 0) is 37.9 Å². The molecule has 1 aromatic rings. The fraction of sp³-hybridized carbons (Fsp3) is 0.545. The van der Waals surface area contributed by atoms with Crippen LogP contribution in [0.5, 0.6) is 0 Å². The predicted octanol–water partition coefficient (Wildman–Crippen LogP) is 0.989. The van der Waals surface area contributed by atoms with E-state index >= 15 is 0 Å². The summed E-state index contributed by atoms with van der Waals surface area (Å²) >= 11 is 0. The second-order valence-corrected chi connectivity index (χ2v) is 8.06. The summed E-state index contributed by atoms with van der Waals surface area (Å²) < 4.78 is 0. The molecule has 13 heteroatoms. The van der Waals surface area contributed by atoms with E-state index in [4.69, 9.17) is 20.4 Å². The van der Waals surface area contributed by atoms with Crippen LogP contribution >= 0.6 is 0 Å². The number of hydrogen-bond acceptors (Lipinski definition) is 7. The van der Waals surface area contributed by atoms with Gasteiger partial charge in [-0.3, -0.25) is 29.1 Å². The first-order valence-electron chi connectivity index (χ1n) is 11.1. The zero-order chi connectivity index (χ0) is 26.2. The van der Waals surface area contributed by atoms with Crippen molar-refractivity contribution in [3.8, 4) is 0 Å². The third-order valence-electron chi connectivity index (χ3n) is 4.97. The summed E-state index contributed by atoms with van der Waals surface area (Å²) in [5.74, 6) is -4.46. The molecule has 2 atom stereocenters. The van der Waals surface area contributed by atoms with Crippen molar-refractivity contribution in [3.05, 3.63) is 30.1 Å². The van der Waals surface area contributed by atoms with E-state index < -0.39 is 48.4 Å². The molecule has 13 nitrogen and oxygen atoms in total. The lowest BCUT2D eigenvalue weighted by atomic mass is 10.1. The molecule has 194 valence electrons. The lowest BCUT2D eigenvalue weighted by Gasteiger charge is -2.22. The third-order valence-corrected chi connectivity index (χ3v) is 4.97. The van der Waals surface area contributed by atoms with Crippen molar-refractivity contribution < 1.29 is 44.4 Å². The van der Waals surface area contributed by atoms with Crippen LogP contribution in [0.15, 0.2) is 24.4 Å².